The molecule has 0 atom stereocenters. The normalized spacial score (nSPS) is 11.5. The number of thiophene rings is 1. The molecule has 0 bridgehead atoms. The van der Waals surface area contributed by atoms with Gasteiger partial charge in [0.2, 0.25) is 0 Å². The van der Waals surface area contributed by atoms with Gasteiger partial charge in [0.1, 0.15) is 0 Å². The smallest absolute Gasteiger partial charge is 0.261 e. The molecule has 0 spiro atoms. The number of carbonyl (C=O) groups excluding carboxylic acids is 1. The van der Waals surface area contributed by atoms with Gasteiger partial charge in [-0.15, -0.1) is 11.3 Å². The van der Waals surface area contributed by atoms with Crippen molar-refractivity contribution in [2.24, 2.45) is 0 Å². The highest BCUT2D eigenvalue weighted by atomic mass is 32.1. The van der Waals surface area contributed by atoms with Gasteiger partial charge in [-0.05, 0) is 25.8 Å². The Morgan fingerprint density at radius 2 is 2.12 bits per heavy atom. The van der Waals surface area contributed by atoms with Crippen LogP contribution in [-0.2, 0) is 0 Å². The third-order valence-corrected chi connectivity index (χ3v) is 4.28. The van der Waals surface area contributed by atoms with E-state index in [4.69, 9.17) is 5.73 Å². The molecule has 0 aliphatic heterocycles. The molecule has 17 heavy (non-hydrogen) atoms. The zero-order valence-electron chi connectivity index (χ0n) is 10.5. The number of aryl methyl sites for hydroxylation is 1. The van der Waals surface area contributed by atoms with E-state index in [2.05, 4.69) is 5.32 Å². The van der Waals surface area contributed by atoms with Crippen LogP contribution in [-0.4, -0.2) is 23.2 Å². The Kier molecular flexibility index (Phi) is 4.54. The van der Waals surface area contributed by atoms with E-state index in [0.29, 0.717) is 23.4 Å². The van der Waals surface area contributed by atoms with Crippen molar-refractivity contribution < 1.29 is 9.90 Å². The summed E-state index contributed by atoms with van der Waals surface area (Å²) in [5, 5.41) is 12.3. The molecule has 4 nitrogen and oxygen atoms in total. The Morgan fingerprint density at radius 1 is 1.53 bits per heavy atom. The number of carbonyl (C=O) groups is 1. The predicted molar refractivity (Wildman–Crippen MR) is 71.3 cm³/mol. The molecule has 5 heteroatoms. The average Bonchev–Trinajstić information content (AvgIpc) is 2.67. The quantitative estimate of drug-likeness (QED) is 0.753. The first-order valence-electron chi connectivity index (χ1n) is 5.77. The summed E-state index contributed by atoms with van der Waals surface area (Å²) in [6.07, 6.45) is 1.40. The summed E-state index contributed by atoms with van der Waals surface area (Å²) in [6.45, 7) is 5.74. The number of aliphatic hydroxyl groups is 1. The third kappa shape index (κ3) is 2.98. The first-order valence-corrected chi connectivity index (χ1v) is 6.59. The maximum atomic E-state index is 12.0. The molecular weight excluding hydrogens is 236 g/mol. The van der Waals surface area contributed by atoms with Crippen LogP contribution in [0.5, 0.6) is 0 Å². The molecule has 1 amide bonds. The summed E-state index contributed by atoms with van der Waals surface area (Å²) in [5.41, 5.74) is 5.84. The number of nitrogens with two attached hydrogens (primary N) is 1. The van der Waals surface area contributed by atoms with Gasteiger partial charge in [-0.2, -0.15) is 0 Å². The van der Waals surface area contributed by atoms with Gasteiger partial charge in [0.15, 0.2) is 0 Å². The molecule has 0 unspecified atom stereocenters. The zero-order valence-corrected chi connectivity index (χ0v) is 11.4. The Hall–Kier alpha value is -1.07. The maximum absolute atomic E-state index is 12.0. The van der Waals surface area contributed by atoms with Crippen LogP contribution in [0, 0.1) is 6.92 Å². The largest absolute Gasteiger partial charge is 0.398 e. The van der Waals surface area contributed by atoms with E-state index in [9.17, 15) is 9.90 Å². The highest BCUT2D eigenvalue weighted by Crippen LogP contribution is 2.24. The fourth-order valence-electron chi connectivity index (χ4n) is 1.60. The topological polar surface area (TPSA) is 75.3 Å². The van der Waals surface area contributed by atoms with Crippen LogP contribution in [0.15, 0.2) is 6.07 Å². The van der Waals surface area contributed by atoms with E-state index >= 15 is 0 Å². The van der Waals surface area contributed by atoms with E-state index in [1.807, 2.05) is 20.8 Å². The van der Waals surface area contributed by atoms with Gasteiger partial charge >= 0.3 is 0 Å². The van der Waals surface area contributed by atoms with Crippen LogP contribution in [0.1, 0.15) is 41.2 Å². The summed E-state index contributed by atoms with van der Waals surface area (Å²) in [6, 6.07) is 1.68. The Balaban J connectivity index is 2.84. The standard InChI is InChI=1S/C12H20N2O2S/c1-4-12(5-2,7-15)14-11(16)10-6-9(13)8(3)17-10/h6,15H,4-5,7,13H2,1-3H3,(H,14,16). The molecule has 1 heterocycles. The number of hydrogen-bond donors (Lipinski definition) is 3. The van der Waals surface area contributed by atoms with Crippen LogP contribution in [0.2, 0.25) is 0 Å². The van der Waals surface area contributed by atoms with Crippen molar-refractivity contribution >= 4 is 22.9 Å². The lowest BCUT2D eigenvalue weighted by molar-refractivity contribution is 0.0822. The Morgan fingerprint density at radius 3 is 2.47 bits per heavy atom. The number of nitrogens with one attached hydrogen (secondary N) is 1. The first-order chi connectivity index (χ1) is 7.98. The number of amides is 1. The molecule has 4 N–H and O–H groups in total. The number of aliphatic hydroxyl groups excluding tert-OH is 1. The average molecular weight is 256 g/mol. The predicted octanol–water partition coefficient (Wildman–Crippen LogP) is 1.92. The third-order valence-electron chi connectivity index (χ3n) is 3.21. The second kappa shape index (κ2) is 5.51. The molecule has 1 aromatic rings. The summed E-state index contributed by atoms with van der Waals surface area (Å²) in [5.74, 6) is -0.160. The van der Waals surface area contributed by atoms with Crippen LogP contribution >= 0.6 is 11.3 Å². The van der Waals surface area contributed by atoms with Gasteiger partial charge in [-0.3, -0.25) is 4.79 Å². The Bertz CT molecular complexity index is 369. The van der Waals surface area contributed by atoms with Gasteiger partial charge in [-0.1, -0.05) is 13.8 Å². The molecule has 96 valence electrons. The van der Waals surface area contributed by atoms with Crippen molar-refractivity contribution in [3.63, 3.8) is 0 Å². The van der Waals surface area contributed by atoms with Gasteiger partial charge in [0.05, 0.1) is 17.0 Å². The minimum atomic E-state index is -0.524. The van der Waals surface area contributed by atoms with Crippen LogP contribution in [0.25, 0.3) is 0 Å². The van der Waals surface area contributed by atoms with E-state index in [1.165, 1.54) is 11.3 Å². The molecule has 0 saturated carbocycles. The number of nitrogen functional groups attached to an aromatic ring is 1. The van der Waals surface area contributed by atoms with Crippen LogP contribution in [0.4, 0.5) is 5.69 Å². The molecule has 0 aromatic carbocycles. The minimum Gasteiger partial charge on any atom is -0.398 e. The lowest BCUT2D eigenvalue weighted by Crippen LogP contribution is -2.50. The van der Waals surface area contributed by atoms with Crippen molar-refractivity contribution in [2.45, 2.75) is 39.2 Å². The van der Waals surface area contributed by atoms with E-state index in [-0.39, 0.29) is 12.5 Å². The van der Waals surface area contributed by atoms with Crippen molar-refractivity contribution in [1.82, 2.24) is 5.32 Å². The second-order valence-corrected chi connectivity index (χ2v) is 5.48. The maximum Gasteiger partial charge on any atom is 0.261 e. The van der Waals surface area contributed by atoms with Gasteiger partial charge < -0.3 is 16.2 Å². The monoisotopic (exact) mass is 256 g/mol. The van der Waals surface area contributed by atoms with Crippen LogP contribution in [0.3, 0.4) is 0 Å². The SMILES string of the molecule is CCC(CC)(CO)NC(=O)c1cc(N)c(C)s1. The minimum absolute atomic E-state index is 0.0500. The molecule has 0 aliphatic rings. The van der Waals surface area contributed by atoms with Crippen molar-refractivity contribution in [3.8, 4) is 0 Å². The summed E-state index contributed by atoms with van der Waals surface area (Å²) in [4.78, 5) is 13.6. The van der Waals surface area contributed by atoms with Gasteiger partial charge in [-0.25, -0.2) is 0 Å². The molecular formula is C12H20N2O2S. The molecule has 0 radical (unpaired) electrons. The van der Waals surface area contributed by atoms with Crippen LogP contribution < -0.4 is 11.1 Å². The lowest BCUT2D eigenvalue weighted by Gasteiger charge is -2.30. The zero-order chi connectivity index (χ0) is 13.1. The van der Waals surface area contributed by atoms with E-state index in [0.717, 1.165) is 4.88 Å². The van der Waals surface area contributed by atoms with Gasteiger partial charge in [0.25, 0.3) is 5.91 Å². The van der Waals surface area contributed by atoms with Crippen molar-refractivity contribution in [3.05, 3.63) is 15.8 Å². The van der Waals surface area contributed by atoms with Crippen molar-refractivity contribution in [1.29, 1.82) is 0 Å². The number of rotatable bonds is 5. The van der Waals surface area contributed by atoms with Crippen molar-refractivity contribution in [2.75, 3.05) is 12.3 Å². The molecule has 0 aliphatic carbocycles. The molecule has 0 saturated heterocycles. The fraction of sp³-hybridized carbons (Fsp3) is 0.583. The van der Waals surface area contributed by atoms with E-state index < -0.39 is 5.54 Å². The molecule has 1 rings (SSSR count). The molecule has 1 aromatic heterocycles. The highest BCUT2D eigenvalue weighted by Gasteiger charge is 2.28. The Labute approximate surface area is 106 Å². The van der Waals surface area contributed by atoms with Gasteiger partial charge in [0, 0.05) is 10.6 Å². The second-order valence-electron chi connectivity index (χ2n) is 4.22. The summed E-state index contributed by atoms with van der Waals surface area (Å²) >= 11 is 1.38. The molecule has 0 fully saturated rings. The highest BCUT2D eigenvalue weighted by molar-refractivity contribution is 7.14. The lowest BCUT2D eigenvalue weighted by atomic mass is 9.94. The number of hydrogen-bond acceptors (Lipinski definition) is 4. The summed E-state index contributed by atoms with van der Waals surface area (Å²) < 4.78 is 0. The number of anilines is 1. The fourth-order valence-corrected chi connectivity index (χ4v) is 2.44. The summed E-state index contributed by atoms with van der Waals surface area (Å²) in [7, 11) is 0. The van der Waals surface area contributed by atoms with E-state index in [1.54, 1.807) is 6.07 Å². The first kappa shape index (κ1) is 14.0.